The van der Waals surface area contributed by atoms with Crippen molar-refractivity contribution in [2.45, 2.75) is 12.5 Å². The molecule has 12 heteroatoms. The number of hydrazone groups is 1. The number of benzene rings is 3. The van der Waals surface area contributed by atoms with Gasteiger partial charge in [-0.3, -0.25) is 0 Å². The van der Waals surface area contributed by atoms with Crippen LogP contribution in [0.5, 0.6) is 11.5 Å². The molecule has 2 heterocycles. The van der Waals surface area contributed by atoms with Crippen molar-refractivity contribution in [3.8, 4) is 11.5 Å². The van der Waals surface area contributed by atoms with E-state index in [0.29, 0.717) is 59.0 Å². The number of nitrogens with one attached hydrogen (secondary N) is 3. The van der Waals surface area contributed by atoms with Crippen LogP contribution in [0.15, 0.2) is 66.0 Å². The van der Waals surface area contributed by atoms with Crippen molar-refractivity contribution in [2.75, 3.05) is 23.8 Å². The monoisotopic (exact) mass is 536 g/mol. The molecule has 194 valence electrons. The van der Waals surface area contributed by atoms with Gasteiger partial charge in [0.15, 0.2) is 0 Å². The number of phenolic OH excluding ortho intramolecular Hbond substituents is 1. The second-order valence-electron chi connectivity index (χ2n) is 8.36. The molecule has 38 heavy (non-hydrogen) atoms. The molecule has 0 spiro atoms. The van der Waals surface area contributed by atoms with Crippen molar-refractivity contribution >= 4 is 51.9 Å². The summed E-state index contributed by atoms with van der Waals surface area (Å²) in [6, 6.07) is 13.3. The number of aromatic hydroxyl groups is 1. The highest BCUT2D eigenvalue weighted by molar-refractivity contribution is 6.31. The van der Waals surface area contributed by atoms with Crippen molar-refractivity contribution in [1.82, 2.24) is 15.4 Å². The van der Waals surface area contributed by atoms with Crippen LogP contribution in [-0.4, -0.2) is 46.6 Å². The minimum absolute atomic E-state index is 0.0327. The summed E-state index contributed by atoms with van der Waals surface area (Å²) < 4.78 is 25.1. The molecule has 3 aromatic carbocycles. The van der Waals surface area contributed by atoms with Crippen LogP contribution in [0.2, 0.25) is 5.02 Å². The predicted octanol–water partition coefficient (Wildman–Crippen LogP) is 5.19. The standard InChI is InChI=1S/C26H22ClFN6O4/c27-20-9-16(3-6-21(20)28)32-25-19-10-23(33-26(36)34-31-12-15-1-4-17(35)5-2-15)24(11-22(19)29-14-30-25)38-18-7-8-37-13-18/h1-6,9-12,14,18,35H,7-8,13H2,(H,29,30,32)(H2,33,34,36)/b31-12+/t18-/m0/s1. The van der Waals surface area contributed by atoms with E-state index in [4.69, 9.17) is 21.1 Å². The highest BCUT2D eigenvalue weighted by Crippen LogP contribution is 2.35. The first-order chi connectivity index (χ1) is 18.4. The zero-order valence-electron chi connectivity index (χ0n) is 19.8. The van der Waals surface area contributed by atoms with Gasteiger partial charge >= 0.3 is 6.03 Å². The number of anilines is 3. The van der Waals surface area contributed by atoms with E-state index >= 15 is 0 Å². The highest BCUT2D eigenvalue weighted by Gasteiger charge is 2.21. The number of hydrogen-bond acceptors (Lipinski definition) is 8. The molecule has 1 aliphatic heterocycles. The van der Waals surface area contributed by atoms with Gasteiger partial charge in [-0.05, 0) is 54.1 Å². The maximum Gasteiger partial charge on any atom is 0.339 e. The number of fused-ring (bicyclic) bond motifs is 1. The van der Waals surface area contributed by atoms with Crippen molar-refractivity contribution < 1.29 is 23.8 Å². The lowest BCUT2D eigenvalue weighted by Gasteiger charge is -2.18. The Bertz CT molecular complexity index is 1500. The van der Waals surface area contributed by atoms with Gasteiger partial charge in [0.1, 0.15) is 35.6 Å². The smallest absolute Gasteiger partial charge is 0.339 e. The normalized spacial score (nSPS) is 15.1. The van der Waals surface area contributed by atoms with Gasteiger partial charge in [-0.2, -0.15) is 5.10 Å². The summed E-state index contributed by atoms with van der Waals surface area (Å²) in [6.07, 6.45) is 3.36. The first-order valence-electron chi connectivity index (χ1n) is 11.6. The summed E-state index contributed by atoms with van der Waals surface area (Å²) in [6.45, 7) is 1.02. The van der Waals surface area contributed by atoms with E-state index in [2.05, 4.69) is 31.1 Å². The summed E-state index contributed by atoms with van der Waals surface area (Å²) in [5.74, 6) is 0.417. The molecule has 4 aromatic rings. The molecule has 1 saturated heterocycles. The number of urea groups is 1. The van der Waals surface area contributed by atoms with Gasteiger partial charge in [-0.1, -0.05) is 11.6 Å². The Morgan fingerprint density at radius 1 is 1.18 bits per heavy atom. The van der Waals surface area contributed by atoms with Gasteiger partial charge in [0.25, 0.3) is 0 Å². The second kappa shape index (κ2) is 11.3. The Kier molecular flexibility index (Phi) is 7.47. The molecule has 2 amide bonds. The molecule has 0 bridgehead atoms. The fraction of sp³-hybridized carbons (Fsp3) is 0.154. The van der Waals surface area contributed by atoms with E-state index in [9.17, 15) is 14.3 Å². The third-order valence-corrected chi connectivity index (χ3v) is 5.91. The van der Waals surface area contributed by atoms with Crippen LogP contribution in [0.1, 0.15) is 12.0 Å². The van der Waals surface area contributed by atoms with Crippen LogP contribution in [0, 0.1) is 5.82 Å². The lowest BCUT2D eigenvalue weighted by atomic mass is 10.1. The fourth-order valence-corrected chi connectivity index (χ4v) is 3.93. The predicted molar refractivity (Wildman–Crippen MR) is 142 cm³/mol. The largest absolute Gasteiger partial charge is 0.508 e. The molecular formula is C26H22ClFN6O4. The molecule has 0 radical (unpaired) electrons. The van der Waals surface area contributed by atoms with Crippen molar-refractivity contribution in [2.24, 2.45) is 5.10 Å². The van der Waals surface area contributed by atoms with Crippen molar-refractivity contribution in [1.29, 1.82) is 0 Å². The van der Waals surface area contributed by atoms with Gasteiger partial charge < -0.3 is 25.2 Å². The van der Waals surface area contributed by atoms with E-state index in [1.54, 1.807) is 24.3 Å². The Morgan fingerprint density at radius 3 is 2.79 bits per heavy atom. The third-order valence-electron chi connectivity index (χ3n) is 5.62. The fourth-order valence-electron chi connectivity index (χ4n) is 3.75. The topological polar surface area (TPSA) is 130 Å². The number of aromatic nitrogens is 2. The van der Waals surface area contributed by atoms with E-state index in [1.807, 2.05) is 0 Å². The number of phenols is 1. The van der Waals surface area contributed by atoms with Crippen molar-refractivity contribution in [3.63, 3.8) is 0 Å². The van der Waals surface area contributed by atoms with Crippen LogP contribution in [0.25, 0.3) is 10.9 Å². The van der Waals surface area contributed by atoms with E-state index in [-0.39, 0.29) is 16.9 Å². The minimum Gasteiger partial charge on any atom is -0.508 e. The zero-order valence-corrected chi connectivity index (χ0v) is 20.6. The number of hydrogen-bond donors (Lipinski definition) is 4. The van der Waals surface area contributed by atoms with Crippen LogP contribution in [-0.2, 0) is 4.74 Å². The molecule has 1 atom stereocenters. The van der Waals surface area contributed by atoms with Crippen LogP contribution in [0.3, 0.4) is 0 Å². The van der Waals surface area contributed by atoms with Crippen LogP contribution < -0.4 is 20.8 Å². The summed E-state index contributed by atoms with van der Waals surface area (Å²) in [5, 5.41) is 19.7. The maximum absolute atomic E-state index is 13.6. The Morgan fingerprint density at radius 2 is 2.03 bits per heavy atom. The first-order valence-corrected chi connectivity index (χ1v) is 12.0. The number of carbonyl (C=O) groups is 1. The first kappa shape index (κ1) is 25.2. The second-order valence-corrected chi connectivity index (χ2v) is 8.77. The number of carbonyl (C=O) groups excluding carboxylic acids is 1. The molecule has 1 fully saturated rings. The van der Waals surface area contributed by atoms with Crippen LogP contribution >= 0.6 is 11.6 Å². The van der Waals surface area contributed by atoms with Crippen LogP contribution in [0.4, 0.5) is 26.4 Å². The molecule has 5 rings (SSSR count). The SMILES string of the molecule is O=C(N/N=C/c1ccc(O)cc1)Nc1cc2c(Nc3ccc(F)c(Cl)c3)ncnc2cc1O[C@H]1CCOC1. The molecule has 0 unspecified atom stereocenters. The van der Waals surface area contributed by atoms with E-state index in [1.165, 1.54) is 42.9 Å². The number of rotatable bonds is 7. The third kappa shape index (κ3) is 6.07. The summed E-state index contributed by atoms with van der Waals surface area (Å²) in [7, 11) is 0. The molecule has 0 saturated carbocycles. The van der Waals surface area contributed by atoms with Gasteiger partial charge in [-0.25, -0.2) is 24.6 Å². The van der Waals surface area contributed by atoms with Gasteiger partial charge in [0.2, 0.25) is 0 Å². The minimum atomic E-state index is -0.608. The Labute approximate surface area is 221 Å². The molecule has 10 nitrogen and oxygen atoms in total. The summed E-state index contributed by atoms with van der Waals surface area (Å²) in [4.78, 5) is 21.3. The molecular weight excluding hydrogens is 515 g/mol. The quantitative estimate of drug-likeness (QED) is 0.189. The zero-order chi connectivity index (χ0) is 26.5. The molecule has 1 aromatic heterocycles. The average molecular weight is 537 g/mol. The number of amides is 2. The number of halogens is 2. The molecule has 1 aliphatic rings. The summed E-state index contributed by atoms with van der Waals surface area (Å²) in [5.41, 5.74) is 4.53. The number of ether oxygens (including phenoxy) is 2. The van der Waals surface area contributed by atoms with Gasteiger partial charge in [0, 0.05) is 23.6 Å². The lowest BCUT2D eigenvalue weighted by Crippen LogP contribution is -2.25. The summed E-state index contributed by atoms with van der Waals surface area (Å²) >= 11 is 5.92. The lowest BCUT2D eigenvalue weighted by molar-refractivity contribution is 0.142. The average Bonchev–Trinajstić information content (AvgIpc) is 3.41. The van der Waals surface area contributed by atoms with Crippen molar-refractivity contribution in [3.05, 3.63) is 77.3 Å². The van der Waals surface area contributed by atoms with Gasteiger partial charge in [-0.15, -0.1) is 0 Å². The van der Waals surface area contributed by atoms with E-state index < -0.39 is 11.8 Å². The maximum atomic E-state index is 13.6. The molecule has 0 aliphatic carbocycles. The Hall–Kier alpha value is -4.48. The highest BCUT2D eigenvalue weighted by atomic mass is 35.5. The number of nitrogens with zero attached hydrogens (tertiary/aromatic N) is 3. The van der Waals surface area contributed by atoms with E-state index in [0.717, 1.165) is 0 Å². The molecule has 4 N–H and O–H groups in total. The van der Waals surface area contributed by atoms with Gasteiger partial charge in [0.05, 0.1) is 35.7 Å². The Balaban J connectivity index is 1.42.